The molecule has 2 heterocycles. The van der Waals surface area contributed by atoms with Gasteiger partial charge in [-0.05, 0) is 32.9 Å². The van der Waals surface area contributed by atoms with Crippen LogP contribution in [0.2, 0.25) is 0 Å². The number of nitrogens with zero attached hydrogens (tertiary/aromatic N) is 3. The molecule has 1 fully saturated rings. The molecule has 0 aromatic carbocycles. The van der Waals surface area contributed by atoms with Crippen LogP contribution in [-0.2, 0) is 11.2 Å². The SMILES string of the molecule is CN(C)CC1CCN(c2nc(CCC(=O)O)cs2)CC1. The van der Waals surface area contributed by atoms with Crippen molar-refractivity contribution in [3.8, 4) is 0 Å². The van der Waals surface area contributed by atoms with Crippen LogP contribution in [0.15, 0.2) is 5.38 Å². The monoisotopic (exact) mass is 297 g/mol. The minimum Gasteiger partial charge on any atom is -0.481 e. The van der Waals surface area contributed by atoms with Gasteiger partial charge >= 0.3 is 5.97 Å². The molecule has 112 valence electrons. The second-order valence-corrected chi connectivity index (χ2v) is 6.54. The highest BCUT2D eigenvalue weighted by Crippen LogP contribution is 2.26. The number of hydrogen-bond donors (Lipinski definition) is 1. The molecular weight excluding hydrogens is 274 g/mol. The number of piperidine rings is 1. The summed E-state index contributed by atoms with van der Waals surface area (Å²) in [6.07, 6.45) is 3.11. The van der Waals surface area contributed by atoms with Crippen molar-refractivity contribution >= 4 is 22.4 Å². The van der Waals surface area contributed by atoms with Gasteiger partial charge in [-0.15, -0.1) is 11.3 Å². The topological polar surface area (TPSA) is 56.7 Å². The molecule has 5 nitrogen and oxygen atoms in total. The van der Waals surface area contributed by atoms with Crippen LogP contribution in [0.25, 0.3) is 0 Å². The Morgan fingerprint density at radius 3 is 2.80 bits per heavy atom. The summed E-state index contributed by atoms with van der Waals surface area (Å²) in [5.74, 6) is 0.0248. The van der Waals surface area contributed by atoms with Crippen molar-refractivity contribution in [1.82, 2.24) is 9.88 Å². The van der Waals surface area contributed by atoms with Crippen LogP contribution >= 0.6 is 11.3 Å². The highest BCUT2D eigenvalue weighted by molar-refractivity contribution is 7.13. The molecule has 0 aliphatic carbocycles. The minimum absolute atomic E-state index is 0.161. The van der Waals surface area contributed by atoms with Gasteiger partial charge in [0.05, 0.1) is 12.1 Å². The number of rotatable bonds is 6. The van der Waals surface area contributed by atoms with Crippen molar-refractivity contribution < 1.29 is 9.90 Å². The molecule has 20 heavy (non-hydrogen) atoms. The number of hydrogen-bond acceptors (Lipinski definition) is 5. The summed E-state index contributed by atoms with van der Waals surface area (Å²) in [5.41, 5.74) is 0.905. The number of carbonyl (C=O) groups is 1. The Balaban J connectivity index is 1.83. The maximum Gasteiger partial charge on any atom is 0.303 e. The summed E-state index contributed by atoms with van der Waals surface area (Å²) in [6.45, 7) is 3.28. The second-order valence-electron chi connectivity index (χ2n) is 5.71. The fourth-order valence-corrected chi connectivity index (χ4v) is 3.53. The lowest BCUT2D eigenvalue weighted by Crippen LogP contribution is -2.37. The standard InChI is InChI=1S/C14H23N3O2S/c1-16(2)9-11-5-7-17(8-6-11)14-15-12(10-20-14)3-4-13(18)19/h10-11H,3-9H2,1-2H3,(H,18,19). The number of anilines is 1. The van der Waals surface area contributed by atoms with Crippen LogP contribution in [0.4, 0.5) is 5.13 Å². The summed E-state index contributed by atoms with van der Waals surface area (Å²) < 4.78 is 0. The van der Waals surface area contributed by atoms with E-state index in [-0.39, 0.29) is 6.42 Å². The average Bonchev–Trinajstić information content (AvgIpc) is 2.85. The van der Waals surface area contributed by atoms with Crippen LogP contribution in [0.3, 0.4) is 0 Å². The van der Waals surface area contributed by atoms with Gasteiger partial charge in [0.15, 0.2) is 5.13 Å². The molecule has 0 atom stereocenters. The Kier molecular flexibility index (Phi) is 5.37. The minimum atomic E-state index is -0.760. The molecule has 1 aromatic heterocycles. The Bertz CT molecular complexity index is 439. The van der Waals surface area contributed by atoms with Crippen molar-refractivity contribution in [2.24, 2.45) is 5.92 Å². The van der Waals surface area contributed by atoms with Crippen LogP contribution in [-0.4, -0.2) is 54.7 Å². The van der Waals surface area contributed by atoms with Crippen molar-refractivity contribution in [3.63, 3.8) is 0 Å². The molecule has 0 bridgehead atoms. The first-order chi connectivity index (χ1) is 9.54. The lowest BCUT2D eigenvalue weighted by Gasteiger charge is -2.33. The number of aliphatic carboxylic acids is 1. The van der Waals surface area contributed by atoms with E-state index in [4.69, 9.17) is 5.11 Å². The molecule has 0 saturated carbocycles. The first-order valence-corrected chi connectivity index (χ1v) is 7.98. The first-order valence-electron chi connectivity index (χ1n) is 7.10. The van der Waals surface area contributed by atoms with Crippen LogP contribution in [0.1, 0.15) is 25.0 Å². The summed E-state index contributed by atoms with van der Waals surface area (Å²) in [7, 11) is 4.25. The summed E-state index contributed by atoms with van der Waals surface area (Å²) in [6, 6.07) is 0. The van der Waals surface area contributed by atoms with Crippen molar-refractivity contribution in [2.45, 2.75) is 25.7 Å². The number of aryl methyl sites for hydroxylation is 1. The van der Waals surface area contributed by atoms with E-state index < -0.39 is 5.97 Å². The molecule has 0 spiro atoms. The van der Waals surface area contributed by atoms with E-state index >= 15 is 0 Å². The van der Waals surface area contributed by atoms with E-state index in [1.54, 1.807) is 11.3 Å². The third kappa shape index (κ3) is 4.45. The Labute approximate surface area is 124 Å². The molecule has 6 heteroatoms. The third-order valence-corrected chi connectivity index (χ3v) is 4.59. The van der Waals surface area contributed by atoms with Crippen LogP contribution < -0.4 is 4.90 Å². The van der Waals surface area contributed by atoms with Gasteiger partial charge in [-0.3, -0.25) is 4.79 Å². The van der Waals surface area contributed by atoms with Crippen molar-refractivity contribution in [2.75, 3.05) is 38.6 Å². The zero-order valence-corrected chi connectivity index (χ0v) is 13.0. The number of carboxylic acids is 1. The normalized spacial score (nSPS) is 16.9. The van der Waals surface area contributed by atoms with E-state index in [2.05, 4.69) is 28.9 Å². The molecule has 0 unspecified atom stereocenters. The molecule has 1 aromatic rings. The van der Waals surface area contributed by atoms with E-state index in [0.717, 1.165) is 36.4 Å². The summed E-state index contributed by atoms with van der Waals surface area (Å²) in [5, 5.41) is 11.7. The number of thiazole rings is 1. The van der Waals surface area contributed by atoms with Gasteiger partial charge in [0, 0.05) is 31.4 Å². The van der Waals surface area contributed by atoms with Gasteiger partial charge in [-0.25, -0.2) is 4.98 Å². The maximum atomic E-state index is 10.6. The highest BCUT2D eigenvalue weighted by Gasteiger charge is 2.21. The van der Waals surface area contributed by atoms with Gasteiger partial charge in [-0.1, -0.05) is 0 Å². The van der Waals surface area contributed by atoms with Crippen molar-refractivity contribution in [1.29, 1.82) is 0 Å². The van der Waals surface area contributed by atoms with Crippen molar-refractivity contribution in [3.05, 3.63) is 11.1 Å². The lowest BCUT2D eigenvalue weighted by atomic mass is 9.97. The van der Waals surface area contributed by atoms with E-state index in [9.17, 15) is 4.79 Å². The molecule has 0 amide bonds. The smallest absolute Gasteiger partial charge is 0.303 e. The highest BCUT2D eigenvalue weighted by atomic mass is 32.1. The molecule has 2 rings (SSSR count). The fraction of sp³-hybridized carbons (Fsp3) is 0.714. The van der Waals surface area contributed by atoms with E-state index in [1.807, 2.05) is 5.38 Å². The molecule has 0 radical (unpaired) electrons. The molecule has 1 N–H and O–H groups in total. The van der Waals surface area contributed by atoms with E-state index in [1.165, 1.54) is 12.8 Å². The van der Waals surface area contributed by atoms with Gasteiger partial charge in [0.2, 0.25) is 0 Å². The molecule has 1 aliphatic rings. The van der Waals surface area contributed by atoms with Gasteiger partial charge in [0.25, 0.3) is 0 Å². The quantitative estimate of drug-likeness (QED) is 0.869. The van der Waals surface area contributed by atoms with Crippen LogP contribution in [0.5, 0.6) is 0 Å². The average molecular weight is 297 g/mol. The molecule has 1 aliphatic heterocycles. The Morgan fingerprint density at radius 1 is 1.50 bits per heavy atom. The molecule has 1 saturated heterocycles. The first kappa shape index (κ1) is 15.3. The zero-order chi connectivity index (χ0) is 14.5. The summed E-state index contributed by atoms with van der Waals surface area (Å²) >= 11 is 1.63. The Hall–Kier alpha value is -1.14. The van der Waals surface area contributed by atoms with Crippen LogP contribution in [0, 0.1) is 5.92 Å². The largest absolute Gasteiger partial charge is 0.481 e. The zero-order valence-electron chi connectivity index (χ0n) is 12.2. The predicted octanol–water partition coefficient (Wildman–Crippen LogP) is 1.94. The lowest BCUT2D eigenvalue weighted by molar-refractivity contribution is -0.136. The van der Waals surface area contributed by atoms with Gasteiger partial charge in [0.1, 0.15) is 0 Å². The van der Waals surface area contributed by atoms with Gasteiger partial charge in [-0.2, -0.15) is 0 Å². The van der Waals surface area contributed by atoms with E-state index in [0.29, 0.717) is 6.42 Å². The Morgan fingerprint density at radius 2 is 2.20 bits per heavy atom. The molecular formula is C14H23N3O2S. The summed E-state index contributed by atoms with van der Waals surface area (Å²) in [4.78, 5) is 19.7. The predicted molar refractivity (Wildman–Crippen MR) is 81.6 cm³/mol. The number of carboxylic acid groups (broad SMARTS) is 1. The second kappa shape index (κ2) is 7.04. The maximum absolute atomic E-state index is 10.6. The third-order valence-electron chi connectivity index (χ3n) is 3.64. The van der Waals surface area contributed by atoms with Gasteiger partial charge < -0.3 is 14.9 Å². The number of aromatic nitrogens is 1. The fourth-order valence-electron chi connectivity index (χ4n) is 2.61.